The fraction of sp³-hybridized carbons (Fsp3) is 0.286. The van der Waals surface area contributed by atoms with Gasteiger partial charge in [0.15, 0.2) is 5.16 Å². The molecule has 0 unspecified atom stereocenters. The summed E-state index contributed by atoms with van der Waals surface area (Å²) in [4.78, 5) is 8.74. The number of benzene rings is 1. The molecule has 21 heavy (non-hydrogen) atoms. The molecule has 7 heteroatoms. The van der Waals surface area contributed by atoms with E-state index in [1.807, 2.05) is 37.6 Å². The summed E-state index contributed by atoms with van der Waals surface area (Å²) in [7, 11) is 3.46. The molecule has 0 aliphatic rings. The molecule has 0 bridgehead atoms. The van der Waals surface area contributed by atoms with Crippen LogP contribution in [0, 0.1) is 0 Å². The molecule has 1 aromatic carbocycles. The first-order valence-corrected chi connectivity index (χ1v) is 7.94. The average Bonchev–Trinajstić information content (AvgIpc) is 2.52. The van der Waals surface area contributed by atoms with Crippen LogP contribution >= 0.6 is 23.4 Å². The summed E-state index contributed by atoms with van der Waals surface area (Å²) < 4.78 is 5.33. The average molecular weight is 325 g/mol. The number of rotatable bonds is 6. The molecule has 2 N–H and O–H groups in total. The van der Waals surface area contributed by atoms with Crippen LogP contribution in [0.15, 0.2) is 29.4 Å². The maximum atomic E-state index is 6.22. The molecule has 0 aliphatic heterocycles. The largest absolute Gasteiger partial charge is 0.496 e. The van der Waals surface area contributed by atoms with Crippen molar-refractivity contribution in [3.8, 4) is 5.75 Å². The third-order valence-corrected chi connectivity index (χ3v) is 3.79. The van der Waals surface area contributed by atoms with E-state index in [1.54, 1.807) is 7.11 Å². The summed E-state index contributed by atoms with van der Waals surface area (Å²) in [6.07, 6.45) is 1.94. The van der Waals surface area contributed by atoms with Crippen LogP contribution in [0.2, 0.25) is 5.02 Å². The summed E-state index contributed by atoms with van der Waals surface area (Å²) in [5.74, 6) is 2.26. The third kappa shape index (κ3) is 3.92. The highest BCUT2D eigenvalue weighted by Crippen LogP contribution is 2.27. The van der Waals surface area contributed by atoms with Gasteiger partial charge in [0.25, 0.3) is 0 Å². The minimum atomic E-state index is 0.525. The highest BCUT2D eigenvalue weighted by Gasteiger charge is 2.09. The number of thioether (sulfide) groups is 1. The van der Waals surface area contributed by atoms with Gasteiger partial charge in [0.05, 0.1) is 7.11 Å². The smallest absolute Gasteiger partial charge is 0.191 e. The lowest BCUT2D eigenvalue weighted by atomic mass is 10.2. The normalized spacial score (nSPS) is 10.3. The van der Waals surface area contributed by atoms with Crippen LogP contribution in [0.3, 0.4) is 0 Å². The number of anilines is 2. The summed E-state index contributed by atoms with van der Waals surface area (Å²) in [5, 5.41) is 7.64. The van der Waals surface area contributed by atoms with E-state index in [2.05, 4.69) is 20.6 Å². The highest BCUT2D eigenvalue weighted by atomic mass is 35.5. The van der Waals surface area contributed by atoms with E-state index >= 15 is 0 Å². The predicted octanol–water partition coefficient (Wildman–Crippen LogP) is 3.51. The second-order valence-corrected chi connectivity index (χ2v) is 5.33. The second kappa shape index (κ2) is 7.38. The number of hydrogen-bond donors (Lipinski definition) is 2. The monoisotopic (exact) mass is 324 g/mol. The van der Waals surface area contributed by atoms with Crippen molar-refractivity contribution >= 4 is 35.0 Å². The Bertz CT molecular complexity index is 602. The van der Waals surface area contributed by atoms with Crippen LogP contribution < -0.4 is 15.4 Å². The maximum absolute atomic E-state index is 6.22. The zero-order valence-electron chi connectivity index (χ0n) is 12.1. The first-order valence-electron chi connectivity index (χ1n) is 6.34. The Kier molecular flexibility index (Phi) is 5.52. The molecular formula is C14H17ClN4OS. The van der Waals surface area contributed by atoms with Crippen molar-refractivity contribution < 1.29 is 4.74 Å². The van der Waals surface area contributed by atoms with E-state index in [-0.39, 0.29) is 0 Å². The van der Waals surface area contributed by atoms with Crippen molar-refractivity contribution in [2.24, 2.45) is 0 Å². The number of hydrogen-bond acceptors (Lipinski definition) is 6. The van der Waals surface area contributed by atoms with Gasteiger partial charge in [-0.2, -0.15) is 0 Å². The Morgan fingerprint density at radius 2 is 2.05 bits per heavy atom. The molecule has 2 rings (SSSR count). The molecule has 1 aromatic heterocycles. The molecule has 0 saturated heterocycles. The van der Waals surface area contributed by atoms with E-state index in [0.717, 1.165) is 22.9 Å². The number of nitrogens with zero attached hydrogens (tertiary/aromatic N) is 2. The molecule has 0 fully saturated rings. The fourth-order valence-corrected chi connectivity index (χ4v) is 2.43. The molecule has 0 saturated carbocycles. The number of aromatic nitrogens is 2. The zero-order chi connectivity index (χ0) is 15.2. The standard InChI is InChI=1S/C14H17ClN4OS/c1-16-12-7-13(19-14(18-12)21-3)17-8-9-10(15)5-4-6-11(9)20-2/h4-7H,8H2,1-3H3,(H2,16,17,18,19). The summed E-state index contributed by atoms with van der Waals surface area (Å²) in [6.45, 7) is 0.525. The van der Waals surface area contributed by atoms with E-state index in [0.29, 0.717) is 16.7 Å². The lowest BCUT2D eigenvalue weighted by Gasteiger charge is -2.12. The van der Waals surface area contributed by atoms with E-state index in [4.69, 9.17) is 16.3 Å². The molecule has 0 spiro atoms. The number of ether oxygens (including phenoxy) is 1. The van der Waals surface area contributed by atoms with Crippen LogP contribution in [0.1, 0.15) is 5.56 Å². The summed E-state index contributed by atoms with van der Waals surface area (Å²) in [5.41, 5.74) is 0.900. The Morgan fingerprint density at radius 3 is 2.71 bits per heavy atom. The Balaban J connectivity index is 2.20. The van der Waals surface area contributed by atoms with E-state index < -0.39 is 0 Å². The van der Waals surface area contributed by atoms with Crippen molar-refractivity contribution in [3.05, 3.63) is 34.9 Å². The molecule has 0 aliphatic carbocycles. The van der Waals surface area contributed by atoms with Crippen LogP contribution in [0.25, 0.3) is 0 Å². The molecule has 0 atom stereocenters. The van der Waals surface area contributed by atoms with Gasteiger partial charge in [-0.15, -0.1) is 0 Å². The highest BCUT2D eigenvalue weighted by molar-refractivity contribution is 7.98. The Labute approximate surface area is 133 Å². The number of halogens is 1. The predicted molar refractivity (Wildman–Crippen MR) is 88.7 cm³/mol. The number of nitrogens with one attached hydrogen (secondary N) is 2. The third-order valence-electron chi connectivity index (χ3n) is 2.89. The van der Waals surface area contributed by atoms with E-state index in [1.165, 1.54) is 11.8 Å². The lowest BCUT2D eigenvalue weighted by molar-refractivity contribution is 0.410. The van der Waals surface area contributed by atoms with Crippen molar-refractivity contribution in [1.29, 1.82) is 0 Å². The molecule has 5 nitrogen and oxygen atoms in total. The first kappa shape index (κ1) is 15.7. The van der Waals surface area contributed by atoms with Crippen LogP contribution in [0.4, 0.5) is 11.6 Å². The fourth-order valence-electron chi connectivity index (χ4n) is 1.82. The van der Waals surface area contributed by atoms with Crippen molar-refractivity contribution in [2.75, 3.05) is 31.0 Å². The second-order valence-electron chi connectivity index (χ2n) is 4.15. The Hall–Kier alpha value is -1.66. The SMILES string of the molecule is CNc1cc(NCc2c(Cl)cccc2OC)nc(SC)n1. The first-order chi connectivity index (χ1) is 10.2. The van der Waals surface area contributed by atoms with Gasteiger partial charge in [-0.3, -0.25) is 0 Å². The van der Waals surface area contributed by atoms with Gasteiger partial charge >= 0.3 is 0 Å². The van der Waals surface area contributed by atoms with Gasteiger partial charge in [-0.1, -0.05) is 29.4 Å². The minimum absolute atomic E-state index is 0.525. The zero-order valence-corrected chi connectivity index (χ0v) is 13.7. The summed E-state index contributed by atoms with van der Waals surface area (Å²) in [6, 6.07) is 7.44. The molecule has 0 amide bonds. The molecular weight excluding hydrogens is 308 g/mol. The molecule has 112 valence electrons. The van der Waals surface area contributed by atoms with Gasteiger partial charge in [-0.25, -0.2) is 9.97 Å². The molecule has 1 heterocycles. The van der Waals surface area contributed by atoms with Gasteiger partial charge in [0, 0.05) is 30.2 Å². The van der Waals surface area contributed by atoms with Crippen molar-refractivity contribution in [3.63, 3.8) is 0 Å². The van der Waals surface area contributed by atoms with Crippen molar-refractivity contribution in [1.82, 2.24) is 9.97 Å². The van der Waals surface area contributed by atoms with E-state index in [9.17, 15) is 0 Å². The molecule has 2 aromatic rings. The van der Waals surface area contributed by atoms with Gasteiger partial charge in [-0.05, 0) is 18.4 Å². The minimum Gasteiger partial charge on any atom is -0.496 e. The van der Waals surface area contributed by atoms with Crippen LogP contribution in [-0.2, 0) is 6.54 Å². The maximum Gasteiger partial charge on any atom is 0.191 e. The van der Waals surface area contributed by atoms with Gasteiger partial charge in [0.2, 0.25) is 0 Å². The Morgan fingerprint density at radius 1 is 1.29 bits per heavy atom. The lowest BCUT2D eigenvalue weighted by Crippen LogP contribution is -2.06. The molecule has 0 radical (unpaired) electrons. The quantitative estimate of drug-likeness (QED) is 0.626. The number of methoxy groups -OCH3 is 1. The topological polar surface area (TPSA) is 59.1 Å². The van der Waals surface area contributed by atoms with Crippen LogP contribution in [0.5, 0.6) is 5.75 Å². The van der Waals surface area contributed by atoms with Gasteiger partial charge < -0.3 is 15.4 Å². The van der Waals surface area contributed by atoms with Gasteiger partial charge in [0.1, 0.15) is 17.4 Å². The van der Waals surface area contributed by atoms with Crippen molar-refractivity contribution in [2.45, 2.75) is 11.7 Å². The van der Waals surface area contributed by atoms with Crippen LogP contribution in [-0.4, -0.2) is 30.4 Å². The summed E-state index contributed by atoms with van der Waals surface area (Å²) >= 11 is 7.71.